The Kier molecular flexibility index (Phi) is 5.71. The molecule has 0 aliphatic heterocycles. The van der Waals surface area contributed by atoms with E-state index in [9.17, 15) is 23.3 Å². The van der Waals surface area contributed by atoms with Crippen LogP contribution in [0.2, 0.25) is 0 Å². The van der Waals surface area contributed by atoms with Crippen molar-refractivity contribution in [3.8, 4) is 0 Å². The third-order valence-electron chi connectivity index (χ3n) is 3.28. The third-order valence-corrected chi connectivity index (χ3v) is 4.61. The quantitative estimate of drug-likeness (QED) is 0.622. The second-order valence-corrected chi connectivity index (χ2v) is 6.92. The minimum Gasteiger partial charge on any atom is -0.434 e. The fourth-order valence-corrected chi connectivity index (χ4v) is 2.93. The summed E-state index contributed by atoms with van der Waals surface area (Å²) < 4.78 is 31.0. The van der Waals surface area contributed by atoms with Gasteiger partial charge in [-0.1, -0.05) is 48.0 Å². The Morgan fingerprint density at radius 3 is 2.32 bits per heavy atom. The number of amides is 1. The number of ether oxygens (including phenoxy) is 1. The van der Waals surface area contributed by atoms with E-state index < -0.39 is 33.7 Å². The van der Waals surface area contributed by atoms with Gasteiger partial charge in [0.25, 0.3) is 10.0 Å². The Labute approximate surface area is 144 Å². The predicted octanol–water partition coefficient (Wildman–Crippen LogP) is 2.43. The predicted molar refractivity (Wildman–Crippen MR) is 89.0 cm³/mol. The van der Waals surface area contributed by atoms with E-state index in [2.05, 4.69) is 0 Å². The molecule has 0 saturated carbocycles. The van der Waals surface area contributed by atoms with Crippen molar-refractivity contribution < 1.29 is 22.9 Å². The van der Waals surface area contributed by atoms with Crippen molar-refractivity contribution in [2.24, 2.45) is 0 Å². The highest BCUT2D eigenvalue weighted by Gasteiger charge is 2.25. The molecule has 2 aromatic carbocycles. The molecule has 0 aliphatic rings. The summed E-state index contributed by atoms with van der Waals surface area (Å²) in [4.78, 5) is 22.0. The van der Waals surface area contributed by atoms with Crippen LogP contribution in [-0.4, -0.2) is 26.0 Å². The number of aryl methyl sites for hydroxylation is 1. The standard InChI is InChI=1S/C16H16N2O6S/c1-12-7-9-14(10-8-12)25(22,23)17-16(19)24-15(11-18(20)21)13-5-3-2-4-6-13/h2-10,15H,11H2,1H3,(H,17,19)/t15-/m0/s1. The maximum absolute atomic E-state index is 12.1. The number of benzene rings is 2. The third kappa shape index (κ3) is 5.28. The maximum atomic E-state index is 12.1. The first-order valence-electron chi connectivity index (χ1n) is 7.25. The van der Waals surface area contributed by atoms with Gasteiger partial charge in [0.1, 0.15) is 0 Å². The minimum atomic E-state index is -4.13. The van der Waals surface area contributed by atoms with Gasteiger partial charge in [-0.15, -0.1) is 0 Å². The SMILES string of the molecule is Cc1ccc(S(=O)(=O)NC(=O)O[C@@H](C[N+](=O)[O-])c2ccccc2)cc1. The highest BCUT2D eigenvalue weighted by Crippen LogP contribution is 2.18. The lowest BCUT2D eigenvalue weighted by molar-refractivity contribution is -0.490. The molecule has 0 radical (unpaired) electrons. The molecule has 2 aromatic rings. The first kappa shape index (κ1) is 18.4. The summed E-state index contributed by atoms with van der Waals surface area (Å²) in [5.74, 6) is 0. The molecule has 132 valence electrons. The monoisotopic (exact) mass is 364 g/mol. The second-order valence-electron chi connectivity index (χ2n) is 5.24. The number of nitrogens with zero attached hydrogens (tertiary/aromatic N) is 1. The molecule has 1 N–H and O–H groups in total. The van der Waals surface area contributed by atoms with Gasteiger partial charge in [0.15, 0.2) is 6.10 Å². The summed E-state index contributed by atoms with van der Waals surface area (Å²) in [6, 6.07) is 13.9. The number of carbonyl (C=O) groups excluding carboxylic acids is 1. The summed E-state index contributed by atoms with van der Waals surface area (Å²) in [5.41, 5.74) is 1.25. The van der Waals surface area contributed by atoms with E-state index in [-0.39, 0.29) is 4.90 Å². The molecule has 0 spiro atoms. The van der Waals surface area contributed by atoms with E-state index in [4.69, 9.17) is 4.74 Å². The van der Waals surface area contributed by atoms with E-state index in [1.54, 1.807) is 54.1 Å². The number of hydrogen-bond acceptors (Lipinski definition) is 6. The second kappa shape index (κ2) is 7.75. The van der Waals surface area contributed by atoms with Crippen LogP contribution >= 0.6 is 0 Å². The van der Waals surface area contributed by atoms with E-state index in [0.717, 1.165) is 5.56 Å². The molecule has 25 heavy (non-hydrogen) atoms. The average molecular weight is 364 g/mol. The van der Waals surface area contributed by atoms with Crippen LogP contribution < -0.4 is 4.72 Å². The van der Waals surface area contributed by atoms with Gasteiger partial charge < -0.3 is 4.74 Å². The van der Waals surface area contributed by atoms with Gasteiger partial charge >= 0.3 is 6.09 Å². The highest BCUT2D eigenvalue weighted by atomic mass is 32.2. The number of carbonyl (C=O) groups is 1. The molecule has 0 bridgehead atoms. The van der Waals surface area contributed by atoms with Gasteiger partial charge in [-0.2, -0.15) is 0 Å². The zero-order valence-electron chi connectivity index (χ0n) is 13.3. The molecule has 2 rings (SSSR count). The zero-order valence-corrected chi connectivity index (χ0v) is 14.1. The normalized spacial score (nSPS) is 12.2. The summed E-state index contributed by atoms with van der Waals surface area (Å²) in [6.07, 6.45) is -2.49. The van der Waals surface area contributed by atoms with Crippen molar-refractivity contribution in [2.75, 3.05) is 6.54 Å². The molecule has 0 unspecified atom stereocenters. The van der Waals surface area contributed by atoms with Crippen molar-refractivity contribution in [2.45, 2.75) is 17.9 Å². The van der Waals surface area contributed by atoms with E-state index in [0.29, 0.717) is 5.56 Å². The fourth-order valence-electron chi connectivity index (χ4n) is 2.05. The molecule has 8 nitrogen and oxygen atoms in total. The Morgan fingerprint density at radius 2 is 1.76 bits per heavy atom. The van der Waals surface area contributed by atoms with Crippen molar-refractivity contribution in [3.05, 3.63) is 75.8 Å². The van der Waals surface area contributed by atoms with Gasteiger partial charge in [0.2, 0.25) is 6.54 Å². The van der Waals surface area contributed by atoms with Gasteiger partial charge in [0, 0.05) is 4.92 Å². The van der Waals surface area contributed by atoms with Crippen LogP contribution in [0.15, 0.2) is 59.5 Å². The van der Waals surface area contributed by atoms with Crippen molar-refractivity contribution in [1.82, 2.24) is 4.72 Å². The molecule has 0 fully saturated rings. The van der Waals surface area contributed by atoms with Gasteiger partial charge in [-0.3, -0.25) is 10.1 Å². The van der Waals surface area contributed by atoms with Gasteiger partial charge in [-0.05, 0) is 24.6 Å². The van der Waals surface area contributed by atoms with E-state index in [1.165, 1.54) is 12.1 Å². The highest BCUT2D eigenvalue weighted by molar-refractivity contribution is 7.90. The van der Waals surface area contributed by atoms with Crippen molar-refractivity contribution in [3.63, 3.8) is 0 Å². The lowest BCUT2D eigenvalue weighted by Gasteiger charge is -2.15. The Balaban J connectivity index is 2.13. The fraction of sp³-hybridized carbons (Fsp3) is 0.188. The smallest absolute Gasteiger partial charge is 0.422 e. The van der Waals surface area contributed by atoms with Crippen LogP contribution in [0.4, 0.5) is 4.79 Å². The largest absolute Gasteiger partial charge is 0.434 e. The number of nitro groups is 1. The number of hydrogen-bond donors (Lipinski definition) is 1. The van der Waals surface area contributed by atoms with Crippen LogP contribution in [0.25, 0.3) is 0 Å². The zero-order chi connectivity index (χ0) is 18.4. The molecule has 0 saturated heterocycles. The summed E-state index contributed by atoms with van der Waals surface area (Å²) >= 11 is 0. The van der Waals surface area contributed by atoms with Crippen LogP contribution in [0, 0.1) is 17.0 Å². The molecule has 1 atom stereocenters. The Morgan fingerprint density at radius 1 is 1.16 bits per heavy atom. The van der Waals surface area contributed by atoms with E-state index >= 15 is 0 Å². The molecular formula is C16H16N2O6S. The lowest BCUT2D eigenvalue weighted by Crippen LogP contribution is -2.33. The van der Waals surface area contributed by atoms with Crippen LogP contribution in [0.5, 0.6) is 0 Å². The number of nitrogens with one attached hydrogen (secondary N) is 1. The van der Waals surface area contributed by atoms with Gasteiger partial charge in [-0.25, -0.2) is 17.9 Å². The first-order chi connectivity index (χ1) is 11.8. The summed E-state index contributed by atoms with van der Waals surface area (Å²) in [7, 11) is -4.13. The molecule has 0 heterocycles. The number of sulfonamides is 1. The van der Waals surface area contributed by atoms with Crippen LogP contribution in [0.3, 0.4) is 0 Å². The molecule has 0 aromatic heterocycles. The van der Waals surface area contributed by atoms with E-state index in [1.807, 2.05) is 0 Å². The van der Waals surface area contributed by atoms with Crippen molar-refractivity contribution >= 4 is 16.1 Å². The summed E-state index contributed by atoms with van der Waals surface area (Å²) in [5, 5.41) is 10.8. The lowest BCUT2D eigenvalue weighted by atomic mass is 10.1. The minimum absolute atomic E-state index is 0.111. The molecule has 1 amide bonds. The molecule has 9 heteroatoms. The topological polar surface area (TPSA) is 116 Å². The molecule has 0 aliphatic carbocycles. The maximum Gasteiger partial charge on any atom is 0.422 e. The first-order valence-corrected chi connectivity index (χ1v) is 8.73. The van der Waals surface area contributed by atoms with Gasteiger partial charge in [0.05, 0.1) is 4.90 Å². The number of rotatable bonds is 6. The molecular weight excluding hydrogens is 348 g/mol. The average Bonchev–Trinajstić information content (AvgIpc) is 2.54. The Bertz CT molecular complexity index is 850. The van der Waals surface area contributed by atoms with Crippen LogP contribution in [-0.2, 0) is 14.8 Å². The van der Waals surface area contributed by atoms with Crippen LogP contribution in [0.1, 0.15) is 17.2 Å². The Hall–Kier alpha value is -2.94. The summed E-state index contributed by atoms with van der Waals surface area (Å²) in [6.45, 7) is 1.11. The van der Waals surface area contributed by atoms with Crippen molar-refractivity contribution in [1.29, 1.82) is 0 Å².